The number of aromatic nitrogens is 3. The number of hydrogen-bond donors (Lipinski definition) is 3. The molecule has 1 aromatic heterocycles. The lowest BCUT2D eigenvalue weighted by molar-refractivity contribution is -0.139. The number of H-pyrrole nitrogens is 1. The lowest BCUT2D eigenvalue weighted by Crippen LogP contribution is -2.37. The summed E-state index contributed by atoms with van der Waals surface area (Å²) in [5, 5.41) is 9.85. The molecular weight excluding hydrogens is 362 g/mol. The van der Waals surface area contributed by atoms with Crippen molar-refractivity contribution in [3.8, 4) is 5.69 Å². The Morgan fingerprint density at radius 3 is 2.54 bits per heavy atom. The third-order valence-electron chi connectivity index (χ3n) is 4.27. The summed E-state index contributed by atoms with van der Waals surface area (Å²) < 4.78 is 6.08. The Kier molecular flexibility index (Phi) is 4.63. The van der Waals surface area contributed by atoms with Crippen molar-refractivity contribution >= 4 is 23.5 Å². The van der Waals surface area contributed by atoms with E-state index >= 15 is 0 Å². The molecule has 142 valence electrons. The van der Waals surface area contributed by atoms with Crippen molar-refractivity contribution in [1.82, 2.24) is 20.1 Å². The van der Waals surface area contributed by atoms with Crippen molar-refractivity contribution in [3.05, 3.63) is 70.6 Å². The van der Waals surface area contributed by atoms with Crippen LogP contribution in [0.3, 0.4) is 0 Å². The second kappa shape index (κ2) is 7.39. The first-order chi connectivity index (χ1) is 13.6. The second-order valence-electron chi connectivity index (χ2n) is 6.21. The normalized spacial score (nSPS) is 15.9. The summed E-state index contributed by atoms with van der Waals surface area (Å²) in [4.78, 5) is 38.4. The number of hydrogen-bond acceptors (Lipinski definition) is 6. The van der Waals surface area contributed by atoms with Gasteiger partial charge in [0.05, 0.1) is 12.3 Å². The largest absolute Gasteiger partial charge is 0.464 e. The van der Waals surface area contributed by atoms with E-state index in [0.717, 1.165) is 0 Å². The Hall–Kier alpha value is -3.88. The van der Waals surface area contributed by atoms with Crippen LogP contribution in [0.15, 0.2) is 59.4 Å². The third-order valence-corrected chi connectivity index (χ3v) is 4.27. The van der Waals surface area contributed by atoms with Gasteiger partial charge in [-0.2, -0.15) is 4.68 Å². The van der Waals surface area contributed by atoms with Gasteiger partial charge in [-0.05, 0) is 36.4 Å². The average Bonchev–Trinajstić information content (AvgIpc) is 3.28. The fraction of sp³-hybridized carbons (Fsp3) is 0.158. The van der Waals surface area contributed by atoms with Gasteiger partial charge >= 0.3 is 11.7 Å². The molecule has 1 fully saturated rings. The first kappa shape index (κ1) is 17.5. The Morgan fingerprint density at radius 2 is 1.86 bits per heavy atom. The quantitative estimate of drug-likeness (QED) is 0.576. The Morgan fingerprint density at radius 1 is 1.11 bits per heavy atom. The number of esters is 1. The average molecular weight is 379 g/mol. The van der Waals surface area contributed by atoms with Gasteiger partial charge in [0, 0.05) is 17.7 Å². The van der Waals surface area contributed by atoms with E-state index in [-0.39, 0.29) is 17.5 Å². The van der Waals surface area contributed by atoms with Crippen LogP contribution in [-0.2, 0) is 9.53 Å². The van der Waals surface area contributed by atoms with Crippen molar-refractivity contribution in [3.63, 3.8) is 0 Å². The summed E-state index contributed by atoms with van der Waals surface area (Å²) in [5.41, 5.74) is 1.33. The molecule has 3 N–H and O–H groups in total. The van der Waals surface area contributed by atoms with E-state index in [1.807, 2.05) is 18.2 Å². The van der Waals surface area contributed by atoms with Crippen molar-refractivity contribution in [1.29, 1.82) is 0 Å². The second-order valence-corrected chi connectivity index (χ2v) is 6.21. The highest BCUT2D eigenvalue weighted by Crippen LogP contribution is 2.15. The van der Waals surface area contributed by atoms with E-state index in [0.29, 0.717) is 30.0 Å². The summed E-state index contributed by atoms with van der Waals surface area (Å²) in [6.07, 6.45) is 0.474. The van der Waals surface area contributed by atoms with Gasteiger partial charge in [0.25, 0.3) is 5.91 Å². The lowest BCUT2D eigenvalue weighted by atomic mass is 10.1. The minimum Gasteiger partial charge on any atom is -0.464 e. The lowest BCUT2D eigenvalue weighted by Gasteiger charge is -2.09. The van der Waals surface area contributed by atoms with Crippen LogP contribution in [-0.4, -0.2) is 39.3 Å². The number of ether oxygens (including phenoxy) is 1. The molecule has 0 unspecified atom stereocenters. The molecule has 1 saturated heterocycles. The maximum Gasteiger partial charge on any atom is 0.349 e. The Balaban J connectivity index is 1.44. The van der Waals surface area contributed by atoms with E-state index in [1.54, 1.807) is 36.4 Å². The van der Waals surface area contributed by atoms with Gasteiger partial charge in [-0.1, -0.05) is 18.2 Å². The van der Waals surface area contributed by atoms with Gasteiger partial charge < -0.3 is 15.4 Å². The van der Waals surface area contributed by atoms with Gasteiger partial charge in [-0.15, -0.1) is 5.10 Å². The molecule has 3 aromatic rings. The van der Waals surface area contributed by atoms with Crippen LogP contribution in [0.2, 0.25) is 0 Å². The SMILES string of the molecule is O=C(N[C@@H]1CCOC1=O)c1ccc(Nc2nn(-c3ccccc3)c(=O)[nH]2)cc1. The smallest absolute Gasteiger partial charge is 0.349 e. The van der Waals surface area contributed by atoms with Crippen molar-refractivity contribution < 1.29 is 14.3 Å². The van der Waals surface area contributed by atoms with Crippen LogP contribution in [0.25, 0.3) is 5.69 Å². The predicted molar refractivity (Wildman–Crippen MR) is 101 cm³/mol. The number of carbonyl (C=O) groups is 2. The number of nitrogens with one attached hydrogen (secondary N) is 3. The molecule has 9 heteroatoms. The molecule has 9 nitrogen and oxygen atoms in total. The number of para-hydroxylation sites is 1. The number of cyclic esters (lactones) is 1. The molecule has 1 aliphatic rings. The zero-order chi connectivity index (χ0) is 19.5. The van der Waals surface area contributed by atoms with Gasteiger partial charge in [0.1, 0.15) is 6.04 Å². The highest BCUT2D eigenvalue weighted by Gasteiger charge is 2.28. The summed E-state index contributed by atoms with van der Waals surface area (Å²) in [6.45, 7) is 0.320. The minimum absolute atomic E-state index is 0.278. The molecule has 0 radical (unpaired) electrons. The van der Waals surface area contributed by atoms with Crippen LogP contribution in [0.5, 0.6) is 0 Å². The summed E-state index contributed by atoms with van der Waals surface area (Å²) in [5.74, 6) is -0.485. The number of nitrogens with zero attached hydrogens (tertiary/aromatic N) is 2. The Labute approximate surface area is 159 Å². The van der Waals surface area contributed by atoms with E-state index in [4.69, 9.17) is 4.74 Å². The van der Waals surface area contributed by atoms with E-state index in [2.05, 4.69) is 20.7 Å². The van der Waals surface area contributed by atoms with Crippen molar-refractivity contribution in [2.45, 2.75) is 12.5 Å². The van der Waals surface area contributed by atoms with Crippen LogP contribution >= 0.6 is 0 Å². The summed E-state index contributed by atoms with van der Waals surface area (Å²) in [6, 6.07) is 15.0. The van der Waals surface area contributed by atoms with Crippen LogP contribution in [0.4, 0.5) is 11.6 Å². The number of benzene rings is 2. The standard InChI is InChI=1S/C19H17N5O4/c25-16(21-15-10-11-28-17(15)26)12-6-8-13(9-7-12)20-18-22-19(27)24(23-18)14-4-2-1-3-5-14/h1-9,15H,10-11H2,(H,21,25)(H2,20,22,23,27)/t15-/m1/s1. The highest BCUT2D eigenvalue weighted by atomic mass is 16.5. The molecule has 2 aromatic carbocycles. The minimum atomic E-state index is -0.600. The van der Waals surface area contributed by atoms with Crippen molar-refractivity contribution in [2.75, 3.05) is 11.9 Å². The maximum absolute atomic E-state index is 12.2. The molecule has 1 atom stereocenters. The molecular formula is C19H17N5O4. The number of aromatic amines is 1. The van der Waals surface area contributed by atoms with Crippen LogP contribution in [0, 0.1) is 0 Å². The molecule has 0 aliphatic carbocycles. The zero-order valence-electron chi connectivity index (χ0n) is 14.7. The molecule has 2 heterocycles. The van der Waals surface area contributed by atoms with Gasteiger partial charge in [-0.25, -0.2) is 9.59 Å². The van der Waals surface area contributed by atoms with Crippen LogP contribution in [0.1, 0.15) is 16.8 Å². The molecule has 28 heavy (non-hydrogen) atoms. The third kappa shape index (κ3) is 3.63. The number of amides is 1. The van der Waals surface area contributed by atoms with E-state index < -0.39 is 12.0 Å². The molecule has 0 saturated carbocycles. The topological polar surface area (TPSA) is 118 Å². The van der Waals surface area contributed by atoms with Crippen molar-refractivity contribution in [2.24, 2.45) is 0 Å². The zero-order valence-corrected chi connectivity index (χ0v) is 14.7. The molecule has 1 aliphatic heterocycles. The summed E-state index contributed by atoms with van der Waals surface area (Å²) >= 11 is 0. The number of rotatable bonds is 5. The fourth-order valence-electron chi connectivity index (χ4n) is 2.84. The monoisotopic (exact) mass is 379 g/mol. The first-order valence-corrected chi connectivity index (χ1v) is 8.69. The fourth-order valence-corrected chi connectivity index (χ4v) is 2.84. The first-order valence-electron chi connectivity index (χ1n) is 8.69. The van der Waals surface area contributed by atoms with Gasteiger partial charge in [0.2, 0.25) is 5.95 Å². The Bertz CT molecular complexity index is 1060. The number of anilines is 2. The molecule has 0 spiro atoms. The summed E-state index contributed by atoms with van der Waals surface area (Å²) in [7, 11) is 0. The molecule has 1 amide bonds. The van der Waals surface area contributed by atoms with Crippen LogP contribution < -0.4 is 16.3 Å². The predicted octanol–water partition coefficient (Wildman–Crippen LogP) is 1.35. The highest BCUT2D eigenvalue weighted by molar-refractivity contribution is 5.97. The molecule has 0 bridgehead atoms. The van der Waals surface area contributed by atoms with Gasteiger partial charge in [0.15, 0.2) is 0 Å². The van der Waals surface area contributed by atoms with E-state index in [9.17, 15) is 14.4 Å². The number of carbonyl (C=O) groups excluding carboxylic acids is 2. The van der Waals surface area contributed by atoms with E-state index in [1.165, 1.54) is 4.68 Å². The maximum atomic E-state index is 12.2. The van der Waals surface area contributed by atoms with Gasteiger partial charge in [-0.3, -0.25) is 9.78 Å². The molecule has 4 rings (SSSR count).